The summed E-state index contributed by atoms with van der Waals surface area (Å²) < 4.78 is 30.9. The number of ether oxygens (including phenoxy) is 2. The molecule has 10 heteroatoms. The molecule has 0 bridgehead atoms. The second-order valence-electron chi connectivity index (χ2n) is 10.2. The highest BCUT2D eigenvalue weighted by atomic mass is 31.2. The molecule has 42 heavy (non-hydrogen) atoms. The number of aromatic nitrogens is 1. The molecule has 1 aliphatic heterocycles. The van der Waals surface area contributed by atoms with Gasteiger partial charge in [0.1, 0.15) is 5.75 Å². The number of aliphatic hydroxyl groups is 1. The van der Waals surface area contributed by atoms with Crippen molar-refractivity contribution in [1.82, 2.24) is 10.3 Å². The van der Waals surface area contributed by atoms with Crippen LogP contribution in [0.4, 0.5) is 0 Å². The number of rotatable bonds is 14. The van der Waals surface area contributed by atoms with Crippen LogP contribution in [0, 0.1) is 0 Å². The van der Waals surface area contributed by atoms with Gasteiger partial charge in [-0.05, 0) is 41.3 Å². The molecular formula is C32H37N2O7P. The van der Waals surface area contributed by atoms with Crippen molar-refractivity contribution in [2.45, 2.75) is 57.9 Å². The number of nitrogens with one attached hydrogen (secondary N) is 2. The topological polar surface area (TPSA) is 111 Å². The fourth-order valence-electron chi connectivity index (χ4n) is 4.79. The van der Waals surface area contributed by atoms with Crippen molar-refractivity contribution in [3.63, 3.8) is 0 Å². The maximum atomic E-state index is 11.3. The highest BCUT2D eigenvalue weighted by Crippen LogP contribution is 2.45. The van der Waals surface area contributed by atoms with Gasteiger partial charge in [-0.1, -0.05) is 60.7 Å². The second-order valence-corrected chi connectivity index (χ2v) is 11.4. The van der Waals surface area contributed by atoms with E-state index in [-0.39, 0.29) is 18.6 Å². The van der Waals surface area contributed by atoms with E-state index in [1.807, 2.05) is 85.1 Å². The number of amides is 1. The summed E-state index contributed by atoms with van der Waals surface area (Å²) in [5.74, 6) is 0.594. The van der Waals surface area contributed by atoms with Gasteiger partial charge in [-0.25, -0.2) is 0 Å². The Morgan fingerprint density at radius 1 is 1.00 bits per heavy atom. The fourth-order valence-corrected chi connectivity index (χ4v) is 5.92. The quantitative estimate of drug-likeness (QED) is 0.160. The highest BCUT2D eigenvalue weighted by molar-refractivity contribution is 7.41. The summed E-state index contributed by atoms with van der Waals surface area (Å²) in [6, 6.07) is 25.6. The van der Waals surface area contributed by atoms with Crippen molar-refractivity contribution in [2.75, 3.05) is 13.2 Å². The second kappa shape index (κ2) is 15.3. The third-order valence-corrected chi connectivity index (χ3v) is 8.05. The molecule has 0 saturated carbocycles. The first-order valence-corrected chi connectivity index (χ1v) is 15.2. The van der Waals surface area contributed by atoms with Crippen LogP contribution in [0.25, 0.3) is 10.9 Å². The van der Waals surface area contributed by atoms with E-state index in [2.05, 4.69) is 10.3 Å². The molecular weight excluding hydrogens is 555 g/mol. The normalized spacial score (nSPS) is 18.8. The number of fused-ring (bicyclic) bond motifs is 1. The Labute approximate surface area is 247 Å². The van der Waals surface area contributed by atoms with Gasteiger partial charge in [-0.2, -0.15) is 0 Å². The Morgan fingerprint density at radius 3 is 2.33 bits per heavy atom. The lowest BCUT2D eigenvalue weighted by Crippen LogP contribution is -2.41. The minimum atomic E-state index is -1.69. The molecule has 222 valence electrons. The van der Waals surface area contributed by atoms with Crippen LogP contribution >= 0.6 is 8.60 Å². The lowest BCUT2D eigenvalue weighted by Gasteiger charge is -2.35. The third-order valence-electron chi connectivity index (χ3n) is 6.90. The highest BCUT2D eigenvalue weighted by Gasteiger charge is 2.34. The van der Waals surface area contributed by atoms with Gasteiger partial charge in [0.05, 0.1) is 32.0 Å². The predicted molar refractivity (Wildman–Crippen MR) is 161 cm³/mol. The molecule has 9 nitrogen and oxygen atoms in total. The van der Waals surface area contributed by atoms with Crippen molar-refractivity contribution in [2.24, 2.45) is 0 Å². The Kier molecular flexibility index (Phi) is 11.0. The minimum Gasteiger partial charge on any atom is -0.465 e. The first-order chi connectivity index (χ1) is 20.6. The lowest BCUT2D eigenvalue weighted by atomic mass is 10.1. The number of hydrogen-bond acceptors (Lipinski definition) is 7. The van der Waals surface area contributed by atoms with Crippen molar-refractivity contribution in [1.29, 1.82) is 0 Å². The number of aromatic amines is 1. The van der Waals surface area contributed by atoms with Crippen molar-refractivity contribution in [3.8, 4) is 5.75 Å². The van der Waals surface area contributed by atoms with Crippen LogP contribution in [0.1, 0.15) is 36.5 Å². The lowest BCUT2D eigenvalue weighted by molar-refractivity contribution is -0.182. The third kappa shape index (κ3) is 8.85. The van der Waals surface area contributed by atoms with E-state index in [0.29, 0.717) is 44.8 Å². The van der Waals surface area contributed by atoms with E-state index < -0.39 is 21.0 Å². The van der Waals surface area contributed by atoms with Crippen LogP contribution in [-0.2, 0) is 42.7 Å². The zero-order chi connectivity index (χ0) is 29.1. The number of carbonyl (C=O) groups excluding carboxylic acids is 1. The summed E-state index contributed by atoms with van der Waals surface area (Å²) in [6.45, 7) is 2.62. The molecule has 0 aliphatic carbocycles. The van der Waals surface area contributed by atoms with E-state index in [0.717, 1.165) is 27.6 Å². The zero-order valence-corrected chi connectivity index (χ0v) is 24.5. The van der Waals surface area contributed by atoms with Gasteiger partial charge >= 0.3 is 8.60 Å². The van der Waals surface area contributed by atoms with E-state index in [1.54, 1.807) is 0 Å². The average Bonchev–Trinajstić information content (AvgIpc) is 3.41. The number of benzene rings is 3. The van der Waals surface area contributed by atoms with Gasteiger partial charge in [-0.15, -0.1) is 0 Å². The molecule has 1 amide bonds. The van der Waals surface area contributed by atoms with Crippen LogP contribution in [0.15, 0.2) is 85.1 Å². The van der Waals surface area contributed by atoms with E-state index in [1.165, 1.54) is 6.92 Å². The van der Waals surface area contributed by atoms with Crippen LogP contribution in [0.3, 0.4) is 0 Å². The Hall–Kier alpha value is -3.30. The molecule has 5 rings (SSSR count). The van der Waals surface area contributed by atoms with Gasteiger partial charge in [-0.3, -0.25) is 4.79 Å². The molecule has 1 fully saturated rings. The number of H-pyrrole nitrogens is 1. The Bertz CT molecular complexity index is 1360. The maximum absolute atomic E-state index is 11.3. The summed E-state index contributed by atoms with van der Waals surface area (Å²) >= 11 is 0. The maximum Gasteiger partial charge on any atom is 0.333 e. The molecule has 3 atom stereocenters. The summed E-state index contributed by atoms with van der Waals surface area (Å²) in [4.78, 5) is 14.5. The number of carbonyl (C=O) groups is 1. The van der Waals surface area contributed by atoms with Crippen LogP contribution in [0.5, 0.6) is 5.75 Å². The average molecular weight is 593 g/mol. The van der Waals surface area contributed by atoms with Gasteiger partial charge in [0.25, 0.3) is 0 Å². The van der Waals surface area contributed by atoms with Gasteiger partial charge in [0, 0.05) is 43.4 Å². The molecule has 2 heterocycles. The van der Waals surface area contributed by atoms with E-state index in [4.69, 9.17) is 23.0 Å². The zero-order valence-electron chi connectivity index (χ0n) is 23.6. The Balaban J connectivity index is 1.24. The predicted octanol–water partition coefficient (Wildman–Crippen LogP) is 5.77. The van der Waals surface area contributed by atoms with Crippen molar-refractivity contribution in [3.05, 3.63) is 102 Å². The molecule has 3 unspecified atom stereocenters. The Morgan fingerprint density at radius 2 is 1.69 bits per heavy atom. The van der Waals surface area contributed by atoms with Gasteiger partial charge in [0.15, 0.2) is 0 Å². The monoisotopic (exact) mass is 592 g/mol. The molecule has 1 aromatic heterocycles. The van der Waals surface area contributed by atoms with Gasteiger partial charge in [0.2, 0.25) is 12.2 Å². The molecule has 0 spiro atoms. The summed E-state index contributed by atoms with van der Waals surface area (Å²) in [5.41, 5.74) is 4.11. The summed E-state index contributed by atoms with van der Waals surface area (Å²) in [6.07, 6.45) is 2.20. The minimum absolute atomic E-state index is 0.0527. The molecule has 3 N–H and O–H groups in total. The first kappa shape index (κ1) is 30.2. The first-order valence-electron chi connectivity index (χ1n) is 14.1. The fraction of sp³-hybridized carbons (Fsp3) is 0.344. The largest absolute Gasteiger partial charge is 0.465 e. The summed E-state index contributed by atoms with van der Waals surface area (Å²) in [7, 11) is -1.69. The molecule has 4 aromatic rings. The van der Waals surface area contributed by atoms with E-state index >= 15 is 0 Å². The van der Waals surface area contributed by atoms with Crippen LogP contribution < -0.4 is 10.1 Å². The van der Waals surface area contributed by atoms with E-state index in [9.17, 15) is 9.90 Å². The standard InChI is InChI=1S/C32H37N2O7P/c1-23(36)33-15-14-26-19-34-31-13-12-27(17-30(26)31)39-32-18-28(16-29(20-35)40-32)41-42(37-21-24-8-4-2-5-9-24)38-22-25-10-6-3-7-11-25/h2-13,17,19,28-29,32,34-35H,14-16,18,20-22H2,1H3,(H,33,36). The molecule has 1 saturated heterocycles. The number of aliphatic hydroxyl groups excluding tert-OH is 1. The summed E-state index contributed by atoms with van der Waals surface area (Å²) in [5, 5.41) is 13.8. The molecule has 3 aromatic carbocycles. The van der Waals surface area contributed by atoms with Crippen LogP contribution in [-0.4, -0.2) is 47.6 Å². The SMILES string of the molecule is CC(=O)NCCc1c[nH]c2ccc(OC3CC(OP(OCc4ccccc4)OCc4ccccc4)CC(CO)O3)cc12. The number of hydrogen-bond donors (Lipinski definition) is 3. The van der Waals surface area contributed by atoms with Crippen LogP contribution in [0.2, 0.25) is 0 Å². The molecule has 0 radical (unpaired) electrons. The molecule has 1 aliphatic rings. The van der Waals surface area contributed by atoms with Crippen molar-refractivity contribution >= 4 is 25.4 Å². The van der Waals surface area contributed by atoms with Gasteiger partial charge < -0.3 is 38.5 Å². The smallest absolute Gasteiger partial charge is 0.333 e. The van der Waals surface area contributed by atoms with Crippen molar-refractivity contribution < 1.29 is 32.9 Å².